The Kier molecular flexibility index (Phi) is 5.20. The number of benzene rings is 2. The average Bonchev–Trinajstić information content (AvgIpc) is 3.39. The van der Waals surface area contributed by atoms with Gasteiger partial charge in [-0.15, -0.1) is 0 Å². The zero-order valence-corrected chi connectivity index (χ0v) is 15.7. The molecule has 2 aromatic heterocycles. The Morgan fingerprint density at radius 3 is 2.57 bits per heavy atom. The molecule has 9 heteroatoms. The van der Waals surface area contributed by atoms with Crippen LogP contribution in [0.5, 0.6) is 5.75 Å². The van der Waals surface area contributed by atoms with Crippen molar-refractivity contribution >= 4 is 17.6 Å². The van der Waals surface area contributed by atoms with Crippen molar-refractivity contribution in [3.63, 3.8) is 0 Å². The molecule has 142 valence electrons. The first-order valence-corrected chi connectivity index (χ1v) is 8.89. The maximum absolute atomic E-state index is 5.89. The highest BCUT2D eigenvalue weighted by Crippen LogP contribution is 2.22. The van der Waals surface area contributed by atoms with Gasteiger partial charge in [0.25, 0.3) is 0 Å². The monoisotopic (exact) mass is 397 g/mol. The Morgan fingerprint density at radius 2 is 1.75 bits per heavy atom. The maximum atomic E-state index is 5.89. The van der Waals surface area contributed by atoms with Crippen LogP contribution in [0, 0.1) is 0 Å². The minimum atomic E-state index is 0.315. The quantitative estimate of drug-likeness (QED) is 0.497. The molecule has 4 aromatic rings. The Morgan fingerprint density at radius 1 is 0.964 bits per heavy atom. The van der Waals surface area contributed by atoms with Crippen LogP contribution in [0.3, 0.4) is 0 Å². The van der Waals surface area contributed by atoms with E-state index in [0.29, 0.717) is 41.5 Å². The molecule has 0 radical (unpaired) electrons. The largest absolute Gasteiger partial charge is 0.497 e. The summed E-state index contributed by atoms with van der Waals surface area (Å²) in [6.07, 6.45) is 0.511. The summed E-state index contributed by atoms with van der Waals surface area (Å²) in [6.45, 7) is 0.502. The summed E-state index contributed by atoms with van der Waals surface area (Å²) in [7, 11) is 1.61. The Bertz CT molecular complexity index is 1060. The third-order valence-electron chi connectivity index (χ3n) is 3.94. The Labute approximate surface area is 165 Å². The molecule has 1 N–H and O–H groups in total. The van der Waals surface area contributed by atoms with Crippen LogP contribution in [0.4, 0.5) is 6.01 Å². The molecule has 2 aromatic carbocycles. The first-order chi connectivity index (χ1) is 13.7. The van der Waals surface area contributed by atoms with Gasteiger partial charge < -0.3 is 19.1 Å². The first kappa shape index (κ1) is 18.0. The van der Waals surface area contributed by atoms with Gasteiger partial charge in [0.15, 0.2) is 0 Å². The number of rotatable bonds is 7. The maximum Gasteiger partial charge on any atom is 0.321 e. The number of aromatic nitrogens is 4. The van der Waals surface area contributed by atoms with Gasteiger partial charge in [-0.3, -0.25) is 0 Å². The van der Waals surface area contributed by atoms with E-state index in [1.807, 2.05) is 36.4 Å². The lowest BCUT2D eigenvalue weighted by atomic mass is 10.2. The number of methoxy groups -OCH3 is 1. The van der Waals surface area contributed by atoms with Crippen molar-refractivity contribution in [2.45, 2.75) is 6.42 Å². The zero-order valence-electron chi connectivity index (χ0n) is 14.9. The van der Waals surface area contributed by atoms with E-state index in [1.54, 1.807) is 19.2 Å². The second kappa shape index (κ2) is 8.10. The number of halogens is 1. The predicted molar refractivity (Wildman–Crippen MR) is 103 cm³/mol. The minimum Gasteiger partial charge on any atom is -0.497 e. The van der Waals surface area contributed by atoms with Crippen molar-refractivity contribution in [3.05, 3.63) is 59.4 Å². The first-order valence-electron chi connectivity index (χ1n) is 8.52. The van der Waals surface area contributed by atoms with Crippen molar-refractivity contribution in [1.82, 2.24) is 20.3 Å². The molecular weight excluding hydrogens is 382 g/mol. The highest BCUT2D eigenvalue weighted by molar-refractivity contribution is 6.30. The van der Waals surface area contributed by atoms with Crippen molar-refractivity contribution in [3.8, 4) is 28.5 Å². The van der Waals surface area contributed by atoms with Crippen LogP contribution in [0.1, 0.15) is 5.89 Å². The van der Waals surface area contributed by atoms with Crippen LogP contribution in [-0.4, -0.2) is 33.9 Å². The van der Waals surface area contributed by atoms with E-state index in [1.165, 1.54) is 0 Å². The number of hydrogen-bond donors (Lipinski definition) is 1. The molecule has 0 unspecified atom stereocenters. The fraction of sp³-hybridized carbons (Fsp3) is 0.158. The van der Waals surface area contributed by atoms with Crippen LogP contribution in [0.25, 0.3) is 22.8 Å². The molecule has 4 rings (SSSR count). The van der Waals surface area contributed by atoms with Gasteiger partial charge in [-0.05, 0) is 36.4 Å². The fourth-order valence-electron chi connectivity index (χ4n) is 2.52. The Balaban J connectivity index is 1.34. The summed E-state index contributed by atoms with van der Waals surface area (Å²) in [5.74, 6) is 2.23. The Hall–Kier alpha value is -3.39. The van der Waals surface area contributed by atoms with Crippen LogP contribution >= 0.6 is 11.6 Å². The molecule has 2 heterocycles. The molecule has 0 bridgehead atoms. The smallest absolute Gasteiger partial charge is 0.321 e. The highest BCUT2D eigenvalue weighted by Gasteiger charge is 2.11. The van der Waals surface area contributed by atoms with Crippen LogP contribution in [-0.2, 0) is 6.42 Å². The third kappa shape index (κ3) is 4.12. The fourth-order valence-corrected chi connectivity index (χ4v) is 2.65. The van der Waals surface area contributed by atoms with Gasteiger partial charge in [0.05, 0.1) is 7.11 Å². The molecule has 0 aliphatic heterocycles. The average molecular weight is 398 g/mol. The van der Waals surface area contributed by atoms with E-state index in [4.69, 9.17) is 25.4 Å². The van der Waals surface area contributed by atoms with Gasteiger partial charge >= 0.3 is 6.01 Å². The molecule has 8 nitrogen and oxygen atoms in total. The topological polar surface area (TPSA) is 99.1 Å². The van der Waals surface area contributed by atoms with Gasteiger partial charge in [-0.25, -0.2) is 0 Å². The van der Waals surface area contributed by atoms with Gasteiger partial charge in [-0.2, -0.15) is 9.97 Å². The highest BCUT2D eigenvalue weighted by atomic mass is 35.5. The summed E-state index contributed by atoms with van der Waals surface area (Å²) in [5, 5.41) is 11.7. The lowest BCUT2D eigenvalue weighted by molar-refractivity contribution is 0.380. The van der Waals surface area contributed by atoms with E-state index in [0.717, 1.165) is 16.9 Å². The van der Waals surface area contributed by atoms with Crippen LogP contribution < -0.4 is 10.1 Å². The van der Waals surface area contributed by atoms with Gasteiger partial charge in [-0.1, -0.05) is 34.0 Å². The molecular formula is C19H16ClN5O3. The van der Waals surface area contributed by atoms with E-state index in [-0.39, 0.29) is 0 Å². The molecule has 0 amide bonds. The summed E-state index contributed by atoms with van der Waals surface area (Å²) in [5.41, 5.74) is 1.65. The van der Waals surface area contributed by atoms with Crippen molar-refractivity contribution in [2.24, 2.45) is 0 Å². The number of anilines is 1. The van der Waals surface area contributed by atoms with Crippen molar-refractivity contribution in [1.29, 1.82) is 0 Å². The van der Waals surface area contributed by atoms with Gasteiger partial charge in [0.2, 0.25) is 17.5 Å². The molecule has 0 saturated carbocycles. The van der Waals surface area contributed by atoms with E-state index < -0.39 is 0 Å². The second-order valence-corrected chi connectivity index (χ2v) is 6.29. The predicted octanol–water partition coefficient (Wildman–Crippen LogP) is 4.10. The normalized spacial score (nSPS) is 10.8. The second-order valence-electron chi connectivity index (χ2n) is 5.85. The number of hydrogen-bond acceptors (Lipinski definition) is 8. The molecule has 0 atom stereocenters. The molecule has 28 heavy (non-hydrogen) atoms. The van der Waals surface area contributed by atoms with Gasteiger partial charge in [0, 0.05) is 29.1 Å². The van der Waals surface area contributed by atoms with E-state index in [9.17, 15) is 0 Å². The number of nitrogens with one attached hydrogen (secondary N) is 1. The van der Waals surface area contributed by atoms with E-state index in [2.05, 4.69) is 25.6 Å². The standard InChI is InChI=1S/C19H16ClN5O3/c1-26-15-4-2-3-13(11-15)18-23-19(28-25-18)21-10-9-16-22-17(24-27-16)12-5-7-14(20)8-6-12/h2-8,11H,9-10H2,1H3,(H,21,23,25). The van der Waals surface area contributed by atoms with Crippen molar-refractivity contribution in [2.75, 3.05) is 19.0 Å². The van der Waals surface area contributed by atoms with E-state index >= 15 is 0 Å². The summed E-state index contributed by atoms with van der Waals surface area (Å²) in [6, 6.07) is 15.0. The lowest BCUT2D eigenvalue weighted by Crippen LogP contribution is -2.05. The summed E-state index contributed by atoms with van der Waals surface area (Å²) < 4.78 is 15.7. The lowest BCUT2D eigenvalue weighted by Gasteiger charge is -2.00. The zero-order chi connectivity index (χ0) is 19.3. The number of nitrogens with zero attached hydrogens (tertiary/aromatic N) is 4. The summed E-state index contributed by atoms with van der Waals surface area (Å²) >= 11 is 5.89. The minimum absolute atomic E-state index is 0.315. The molecule has 0 spiro atoms. The van der Waals surface area contributed by atoms with Crippen LogP contribution in [0.2, 0.25) is 5.02 Å². The molecule has 0 fully saturated rings. The molecule has 0 aliphatic carbocycles. The molecule has 0 aliphatic rings. The van der Waals surface area contributed by atoms with Crippen LogP contribution in [0.15, 0.2) is 57.6 Å². The van der Waals surface area contributed by atoms with Gasteiger partial charge in [0.1, 0.15) is 5.75 Å². The van der Waals surface area contributed by atoms with Crippen molar-refractivity contribution < 1.29 is 13.8 Å². The number of ether oxygens (including phenoxy) is 1. The summed E-state index contributed by atoms with van der Waals surface area (Å²) in [4.78, 5) is 8.70. The third-order valence-corrected chi connectivity index (χ3v) is 4.19. The SMILES string of the molecule is COc1cccc(-c2noc(NCCc3nc(-c4ccc(Cl)cc4)no3)n2)c1. The molecule has 0 saturated heterocycles.